The maximum absolute atomic E-state index is 12.9. The quantitative estimate of drug-likeness (QED) is 0.230. The second-order valence-electron chi connectivity index (χ2n) is 11.6. The number of hydrogen-bond acceptors (Lipinski definition) is 6. The highest BCUT2D eigenvalue weighted by Crippen LogP contribution is 2.34. The summed E-state index contributed by atoms with van der Waals surface area (Å²) in [6.07, 6.45) is 9.67. The van der Waals surface area contributed by atoms with Gasteiger partial charge < -0.3 is 14.9 Å². The van der Waals surface area contributed by atoms with Gasteiger partial charge in [-0.15, -0.1) is 0 Å². The van der Waals surface area contributed by atoms with Crippen molar-refractivity contribution in [2.45, 2.75) is 62.3 Å². The summed E-state index contributed by atoms with van der Waals surface area (Å²) in [4.78, 5) is 28.4. The van der Waals surface area contributed by atoms with E-state index in [1.54, 1.807) is 24.3 Å². The Labute approximate surface area is 279 Å². The molecule has 4 rings (SSSR count). The molecule has 1 amide bonds. The lowest BCUT2D eigenvalue weighted by Gasteiger charge is -2.35. The predicted octanol–water partition coefficient (Wildman–Crippen LogP) is 7.07. The Kier molecular flexibility index (Phi) is 13.0. The number of rotatable bonds is 13. The van der Waals surface area contributed by atoms with Crippen LogP contribution in [0.15, 0.2) is 41.3 Å². The van der Waals surface area contributed by atoms with Gasteiger partial charge in [-0.3, -0.25) is 9.59 Å². The summed E-state index contributed by atoms with van der Waals surface area (Å²) in [5.74, 6) is 0.604. The molecule has 1 atom stereocenters. The van der Waals surface area contributed by atoms with Crippen molar-refractivity contribution >= 4 is 74.2 Å². The van der Waals surface area contributed by atoms with Crippen molar-refractivity contribution in [1.29, 1.82) is 0 Å². The number of anilines is 1. The number of halogens is 3. The maximum Gasteiger partial charge on any atom is 0.321 e. The van der Waals surface area contributed by atoms with Crippen LogP contribution in [0.2, 0.25) is 15.1 Å². The first-order chi connectivity index (χ1) is 21.0. The molecule has 2 aliphatic rings. The van der Waals surface area contributed by atoms with Gasteiger partial charge in [-0.2, -0.15) is 16.5 Å². The summed E-state index contributed by atoms with van der Waals surface area (Å²) in [5, 5.41) is 10.6. The molecule has 0 saturated carbocycles. The highest BCUT2D eigenvalue weighted by Gasteiger charge is 2.28. The average molecular weight is 705 g/mol. The molecule has 1 unspecified atom stereocenters. The van der Waals surface area contributed by atoms with E-state index < -0.39 is 22.0 Å². The Morgan fingerprint density at radius 3 is 2.14 bits per heavy atom. The van der Waals surface area contributed by atoms with Crippen molar-refractivity contribution in [3.8, 4) is 0 Å². The van der Waals surface area contributed by atoms with Crippen LogP contribution in [0.5, 0.6) is 0 Å². The Bertz CT molecular complexity index is 1410. The fraction of sp³-hybridized carbons (Fsp3) is 0.548. The summed E-state index contributed by atoms with van der Waals surface area (Å²) in [5.41, 5.74) is 1.37. The molecule has 8 nitrogen and oxygen atoms in total. The van der Waals surface area contributed by atoms with Crippen molar-refractivity contribution in [2.24, 2.45) is 11.8 Å². The highest BCUT2D eigenvalue weighted by molar-refractivity contribution is 7.98. The summed E-state index contributed by atoms with van der Waals surface area (Å²) in [6, 6.07) is 8.46. The van der Waals surface area contributed by atoms with E-state index >= 15 is 0 Å². The van der Waals surface area contributed by atoms with Crippen LogP contribution in [0.25, 0.3) is 0 Å². The Morgan fingerprint density at radius 1 is 0.932 bits per heavy atom. The molecule has 2 saturated heterocycles. The SMILES string of the molecule is CSCCC(NS(=O)(=O)c1ccc(N2CCC(CCCC3CCN(C(=O)c4ccc(Cl)c(Cl)c4)CC3)CC2)c(Cl)c1)C(=O)O. The van der Waals surface area contributed by atoms with Gasteiger partial charge in [-0.25, -0.2) is 8.42 Å². The van der Waals surface area contributed by atoms with Crippen LogP contribution in [0.4, 0.5) is 5.69 Å². The van der Waals surface area contributed by atoms with Crippen LogP contribution < -0.4 is 9.62 Å². The monoisotopic (exact) mass is 703 g/mol. The number of benzene rings is 2. The minimum atomic E-state index is -4.03. The van der Waals surface area contributed by atoms with E-state index in [-0.39, 0.29) is 17.2 Å². The molecule has 2 fully saturated rings. The van der Waals surface area contributed by atoms with Gasteiger partial charge in [0.15, 0.2) is 0 Å². The van der Waals surface area contributed by atoms with E-state index in [1.165, 1.54) is 43.2 Å². The number of nitrogens with zero attached hydrogens (tertiary/aromatic N) is 2. The normalized spacial score (nSPS) is 17.5. The summed E-state index contributed by atoms with van der Waals surface area (Å²) in [6.45, 7) is 3.22. The number of piperidine rings is 2. The fourth-order valence-electron chi connectivity index (χ4n) is 6.03. The van der Waals surface area contributed by atoms with E-state index in [0.717, 1.165) is 57.5 Å². The summed E-state index contributed by atoms with van der Waals surface area (Å²) >= 11 is 20.1. The largest absolute Gasteiger partial charge is 0.480 e. The highest BCUT2D eigenvalue weighted by atomic mass is 35.5. The molecule has 44 heavy (non-hydrogen) atoms. The predicted molar refractivity (Wildman–Crippen MR) is 180 cm³/mol. The number of carbonyl (C=O) groups excluding carboxylic acids is 1. The molecule has 2 aliphatic heterocycles. The number of carboxylic acid groups (broad SMARTS) is 1. The van der Waals surface area contributed by atoms with Gasteiger partial charge in [0.2, 0.25) is 10.0 Å². The molecule has 2 aromatic rings. The van der Waals surface area contributed by atoms with Crippen LogP contribution >= 0.6 is 46.6 Å². The molecule has 13 heteroatoms. The van der Waals surface area contributed by atoms with Gasteiger partial charge in [0.05, 0.1) is 25.7 Å². The molecule has 2 N–H and O–H groups in total. The van der Waals surface area contributed by atoms with Gasteiger partial charge in [0, 0.05) is 31.7 Å². The minimum absolute atomic E-state index is 0.00954. The van der Waals surface area contributed by atoms with Crippen molar-refractivity contribution in [2.75, 3.05) is 43.1 Å². The van der Waals surface area contributed by atoms with Crippen LogP contribution in [-0.4, -0.2) is 74.5 Å². The Balaban J connectivity index is 1.19. The number of sulfonamides is 1. The number of hydrogen-bond donors (Lipinski definition) is 2. The number of likely N-dealkylation sites (tertiary alicyclic amines) is 1. The summed E-state index contributed by atoms with van der Waals surface area (Å²) in [7, 11) is -4.03. The first-order valence-corrected chi connectivity index (χ1v) is 19.0. The number of amides is 1. The lowest BCUT2D eigenvalue weighted by molar-refractivity contribution is -0.139. The van der Waals surface area contributed by atoms with E-state index in [4.69, 9.17) is 34.8 Å². The van der Waals surface area contributed by atoms with Gasteiger partial charge >= 0.3 is 5.97 Å². The van der Waals surface area contributed by atoms with Crippen molar-refractivity contribution in [3.05, 3.63) is 57.0 Å². The molecule has 0 spiro atoms. The first-order valence-electron chi connectivity index (χ1n) is 15.0. The van der Waals surface area contributed by atoms with Crippen molar-refractivity contribution in [3.63, 3.8) is 0 Å². The van der Waals surface area contributed by atoms with E-state index in [1.807, 2.05) is 11.2 Å². The van der Waals surface area contributed by atoms with E-state index in [2.05, 4.69) is 9.62 Å². The fourth-order valence-corrected chi connectivity index (χ4v) is 8.41. The van der Waals surface area contributed by atoms with Crippen LogP contribution in [0, 0.1) is 11.8 Å². The topological polar surface area (TPSA) is 107 Å². The van der Waals surface area contributed by atoms with E-state index in [0.29, 0.717) is 38.2 Å². The first kappa shape index (κ1) is 35.2. The second-order valence-corrected chi connectivity index (χ2v) is 15.6. The molecule has 242 valence electrons. The number of aliphatic carboxylic acids is 1. The lowest BCUT2D eigenvalue weighted by Crippen LogP contribution is -2.41. The number of carbonyl (C=O) groups is 2. The molecular formula is C31H40Cl3N3O5S2. The zero-order valence-electron chi connectivity index (χ0n) is 24.8. The van der Waals surface area contributed by atoms with Gasteiger partial charge in [-0.1, -0.05) is 54.1 Å². The number of thioether (sulfide) groups is 1. The van der Waals surface area contributed by atoms with Gasteiger partial charge in [0.25, 0.3) is 5.91 Å². The third kappa shape index (κ3) is 9.42. The lowest BCUT2D eigenvalue weighted by atomic mass is 9.86. The zero-order chi connectivity index (χ0) is 31.9. The molecule has 0 bridgehead atoms. The van der Waals surface area contributed by atoms with Crippen molar-refractivity contribution in [1.82, 2.24) is 9.62 Å². The maximum atomic E-state index is 12.9. The van der Waals surface area contributed by atoms with E-state index in [9.17, 15) is 23.1 Å². The van der Waals surface area contributed by atoms with Crippen LogP contribution in [0.1, 0.15) is 61.7 Å². The third-order valence-electron chi connectivity index (χ3n) is 8.68. The molecule has 0 aliphatic carbocycles. The van der Waals surface area contributed by atoms with Crippen LogP contribution in [-0.2, 0) is 14.8 Å². The smallest absolute Gasteiger partial charge is 0.321 e. The second kappa shape index (κ2) is 16.2. The zero-order valence-corrected chi connectivity index (χ0v) is 28.7. The molecule has 0 aromatic heterocycles. The number of carboxylic acids is 1. The standard InChI is InChI=1S/C31H40Cl3N3O5S2/c1-43-18-13-28(31(39)40)35-44(41,42)24-6-8-29(27(34)20-24)36-14-9-21(10-15-36)3-2-4-22-11-16-37(17-12-22)30(38)23-5-7-25(32)26(33)19-23/h5-8,19-22,28,35H,2-4,9-18H2,1H3,(H,39,40). The number of nitrogens with one attached hydrogen (secondary N) is 1. The third-order valence-corrected chi connectivity index (χ3v) is 11.8. The summed E-state index contributed by atoms with van der Waals surface area (Å²) < 4.78 is 28.0. The van der Waals surface area contributed by atoms with Gasteiger partial charge in [-0.05, 0) is 92.3 Å². The van der Waals surface area contributed by atoms with Crippen LogP contribution in [0.3, 0.4) is 0 Å². The Hall–Kier alpha value is -1.69. The molecule has 2 heterocycles. The minimum Gasteiger partial charge on any atom is -0.480 e. The molecule has 2 aromatic carbocycles. The average Bonchev–Trinajstić information content (AvgIpc) is 3.01. The van der Waals surface area contributed by atoms with Crippen molar-refractivity contribution < 1.29 is 23.1 Å². The Morgan fingerprint density at radius 2 is 1.57 bits per heavy atom. The molecule has 0 radical (unpaired) electrons. The van der Waals surface area contributed by atoms with Gasteiger partial charge in [0.1, 0.15) is 6.04 Å². The molecular weight excluding hydrogens is 665 g/mol.